The van der Waals surface area contributed by atoms with Crippen LogP contribution in [-0.4, -0.2) is 36.2 Å². The number of anilines is 1. The van der Waals surface area contributed by atoms with Gasteiger partial charge in [-0.2, -0.15) is 0 Å². The number of halogens is 1. The number of fused-ring (bicyclic) bond motifs is 3. The van der Waals surface area contributed by atoms with Crippen molar-refractivity contribution in [3.8, 4) is 0 Å². The first-order chi connectivity index (χ1) is 13.1. The Labute approximate surface area is 165 Å². The zero-order valence-corrected chi connectivity index (χ0v) is 16.0. The highest BCUT2D eigenvalue weighted by molar-refractivity contribution is 7.12. The van der Waals surface area contributed by atoms with Gasteiger partial charge in [-0.15, -0.1) is 11.3 Å². The SMILES string of the molecule is O=C(c1cccs1)[C@@H]1[C@H]2C(=O)N(c3ccc(Cl)cc3)C(=O)[C@@H]2[C@H]2CCC[NH+]21. The van der Waals surface area contributed by atoms with Crippen molar-refractivity contribution in [3.05, 3.63) is 51.7 Å². The second-order valence-electron chi connectivity index (χ2n) is 7.43. The Morgan fingerprint density at radius 1 is 1.11 bits per heavy atom. The Morgan fingerprint density at radius 2 is 1.85 bits per heavy atom. The van der Waals surface area contributed by atoms with E-state index in [1.54, 1.807) is 24.3 Å². The number of Topliss-reactive ketones (excluding diaryl/α,β-unsaturated/α-hetero) is 1. The Morgan fingerprint density at radius 3 is 2.56 bits per heavy atom. The number of hydrogen-bond donors (Lipinski definition) is 1. The van der Waals surface area contributed by atoms with E-state index < -0.39 is 17.9 Å². The molecule has 4 heterocycles. The number of carbonyl (C=O) groups excluding carboxylic acids is 3. The first kappa shape index (κ1) is 17.1. The lowest BCUT2D eigenvalue weighted by atomic mass is 9.86. The van der Waals surface area contributed by atoms with Crippen molar-refractivity contribution in [1.29, 1.82) is 0 Å². The topological polar surface area (TPSA) is 58.9 Å². The van der Waals surface area contributed by atoms with Gasteiger partial charge in [0.1, 0.15) is 17.9 Å². The maximum Gasteiger partial charge on any atom is 0.244 e. The maximum atomic E-state index is 13.3. The summed E-state index contributed by atoms with van der Waals surface area (Å²) in [7, 11) is 0. The van der Waals surface area contributed by atoms with E-state index in [4.69, 9.17) is 11.6 Å². The molecule has 1 N–H and O–H groups in total. The molecule has 5 rings (SSSR count). The number of nitrogens with one attached hydrogen (secondary N) is 1. The van der Waals surface area contributed by atoms with Gasteiger partial charge in [0.2, 0.25) is 17.6 Å². The minimum Gasteiger partial charge on any atom is -0.322 e. The van der Waals surface area contributed by atoms with E-state index >= 15 is 0 Å². The molecule has 0 spiro atoms. The van der Waals surface area contributed by atoms with Crippen molar-refractivity contribution in [2.24, 2.45) is 11.8 Å². The number of carbonyl (C=O) groups is 3. The molecular weight excluding hydrogens is 384 g/mol. The molecule has 1 aromatic carbocycles. The molecule has 3 aliphatic heterocycles. The van der Waals surface area contributed by atoms with E-state index in [2.05, 4.69) is 0 Å². The Hall–Kier alpha value is -2.02. The molecule has 138 valence electrons. The summed E-state index contributed by atoms with van der Waals surface area (Å²) in [4.78, 5) is 42.8. The van der Waals surface area contributed by atoms with Crippen LogP contribution in [0.15, 0.2) is 41.8 Å². The van der Waals surface area contributed by atoms with E-state index in [0.29, 0.717) is 15.6 Å². The molecule has 0 bridgehead atoms. The molecule has 3 aliphatic rings. The molecule has 1 unspecified atom stereocenters. The number of ketones is 1. The van der Waals surface area contributed by atoms with E-state index in [-0.39, 0.29) is 23.6 Å². The second kappa shape index (κ2) is 6.26. The number of benzene rings is 1. The molecule has 2 amide bonds. The molecule has 5 nitrogen and oxygen atoms in total. The molecule has 5 atom stereocenters. The molecular formula is C20H18ClN2O3S+. The van der Waals surface area contributed by atoms with Crippen LogP contribution >= 0.6 is 22.9 Å². The molecule has 7 heteroatoms. The van der Waals surface area contributed by atoms with Gasteiger partial charge in [0, 0.05) is 17.9 Å². The summed E-state index contributed by atoms with van der Waals surface area (Å²) in [6, 6.07) is 9.97. The van der Waals surface area contributed by atoms with E-state index in [1.165, 1.54) is 16.2 Å². The fourth-order valence-corrected chi connectivity index (χ4v) is 5.99. The van der Waals surface area contributed by atoms with Crippen LogP contribution in [0.2, 0.25) is 5.02 Å². The van der Waals surface area contributed by atoms with Crippen LogP contribution in [0, 0.1) is 11.8 Å². The van der Waals surface area contributed by atoms with Crippen LogP contribution in [0.3, 0.4) is 0 Å². The Bertz CT molecular complexity index is 927. The van der Waals surface area contributed by atoms with Crippen LogP contribution in [0.5, 0.6) is 0 Å². The summed E-state index contributed by atoms with van der Waals surface area (Å²) < 4.78 is 0. The number of rotatable bonds is 3. The minimum absolute atomic E-state index is 0.00138. The predicted molar refractivity (Wildman–Crippen MR) is 102 cm³/mol. The zero-order chi connectivity index (χ0) is 18.7. The van der Waals surface area contributed by atoms with Gasteiger partial charge >= 0.3 is 0 Å². The predicted octanol–water partition coefficient (Wildman–Crippen LogP) is 1.82. The Balaban J connectivity index is 1.56. The third kappa shape index (κ3) is 2.43. The molecule has 3 fully saturated rings. The van der Waals surface area contributed by atoms with Gasteiger partial charge < -0.3 is 4.90 Å². The first-order valence-electron chi connectivity index (χ1n) is 9.14. The summed E-state index contributed by atoms with van der Waals surface area (Å²) in [5.74, 6) is -1.39. The molecule has 27 heavy (non-hydrogen) atoms. The number of thiophene rings is 1. The number of hydrogen-bond acceptors (Lipinski definition) is 4. The third-order valence-corrected chi connectivity index (χ3v) is 7.31. The van der Waals surface area contributed by atoms with Crippen LogP contribution in [-0.2, 0) is 9.59 Å². The standard InChI is InChI=1S/C20H17ClN2O3S/c21-11-5-7-12(8-6-11)23-19(25)15-13-3-1-9-22(13)17(16(15)20(23)26)18(24)14-4-2-10-27-14/h2,4-8,10,13,15-17H,1,3,9H2/p+1/t13-,15-,16+,17+/m1/s1. The molecule has 2 aromatic rings. The normalized spacial score (nSPS) is 32.0. The molecule has 3 saturated heterocycles. The molecule has 0 radical (unpaired) electrons. The number of nitrogens with zero attached hydrogens (tertiary/aromatic N) is 1. The number of imide groups is 1. The lowest BCUT2D eigenvalue weighted by molar-refractivity contribution is -0.915. The molecule has 0 aliphatic carbocycles. The average molecular weight is 402 g/mol. The van der Waals surface area contributed by atoms with Crippen molar-refractivity contribution in [1.82, 2.24) is 0 Å². The van der Waals surface area contributed by atoms with Crippen LogP contribution in [0.4, 0.5) is 5.69 Å². The average Bonchev–Trinajstić information content (AvgIpc) is 3.41. The van der Waals surface area contributed by atoms with E-state index in [0.717, 1.165) is 24.3 Å². The van der Waals surface area contributed by atoms with Gasteiger partial charge in [-0.1, -0.05) is 17.7 Å². The van der Waals surface area contributed by atoms with Crippen molar-refractivity contribution in [2.75, 3.05) is 11.4 Å². The van der Waals surface area contributed by atoms with Crippen molar-refractivity contribution >= 4 is 46.2 Å². The monoisotopic (exact) mass is 401 g/mol. The second-order valence-corrected chi connectivity index (χ2v) is 8.82. The Kier molecular flexibility index (Phi) is 3.96. The number of amides is 2. The highest BCUT2D eigenvalue weighted by atomic mass is 35.5. The van der Waals surface area contributed by atoms with Gasteiger partial charge in [0.25, 0.3) is 0 Å². The minimum atomic E-state index is -0.567. The van der Waals surface area contributed by atoms with Crippen LogP contribution < -0.4 is 9.80 Å². The first-order valence-corrected chi connectivity index (χ1v) is 10.4. The zero-order valence-electron chi connectivity index (χ0n) is 14.4. The highest BCUT2D eigenvalue weighted by Gasteiger charge is 2.68. The van der Waals surface area contributed by atoms with Gasteiger partial charge in [-0.25, -0.2) is 4.90 Å². The van der Waals surface area contributed by atoms with Gasteiger partial charge in [0.15, 0.2) is 6.04 Å². The summed E-state index contributed by atoms with van der Waals surface area (Å²) in [5.41, 5.74) is 0.533. The smallest absolute Gasteiger partial charge is 0.244 e. The summed E-state index contributed by atoms with van der Waals surface area (Å²) in [6.07, 6.45) is 1.87. The van der Waals surface area contributed by atoms with Gasteiger partial charge in [-0.05, 0) is 35.7 Å². The third-order valence-electron chi connectivity index (χ3n) is 6.18. The van der Waals surface area contributed by atoms with E-state index in [9.17, 15) is 14.4 Å². The van der Waals surface area contributed by atoms with Crippen LogP contribution in [0.1, 0.15) is 22.5 Å². The largest absolute Gasteiger partial charge is 0.322 e. The molecule has 0 saturated carbocycles. The van der Waals surface area contributed by atoms with E-state index in [1.807, 2.05) is 17.5 Å². The quantitative estimate of drug-likeness (QED) is 0.630. The van der Waals surface area contributed by atoms with Crippen LogP contribution in [0.25, 0.3) is 0 Å². The lowest BCUT2D eigenvalue weighted by Gasteiger charge is -2.25. The summed E-state index contributed by atoms with van der Waals surface area (Å²) >= 11 is 7.35. The van der Waals surface area contributed by atoms with Crippen molar-refractivity contribution in [3.63, 3.8) is 0 Å². The molecule has 1 aromatic heterocycles. The fraction of sp³-hybridized carbons (Fsp3) is 0.350. The summed E-state index contributed by atoms with van der Waals surface area (Å²) in [5, 5.41) is 2.42. The van der Waals surface area contributed by atoms with Gasteiger partial charge in [0.05, 0.1) is 17.1 Å². The lowest BCUT2D eigenvalue weighted by Crippen LogP contribution is -3.16. The highest BCUT2D eigenvalue weighted by Crippen LogP contribution is 2.40. The maximum absolute atomic E-state index is 13.3. The number of quaternary nitrogens is 1. The van der Waals surface area contributed by atoms with Gasteiger partial charge in [-0.3, -0.25) is 14.4 Å². The summed E-state index contributed by atoms with van der Waals surface area (Å²) in [6.45, 7) is 0.848. The van der Waals surface area contributed by atoms with Crippen molar-refractivity contribution < 1.29 is 19.3 Å². The fourth-order valence-electron chi connectivity index (χ4n) is 5.16. The van der Waals surface area contributed by atoms with Crippen molar-refractivity contribution in [2.45, 2.75) is 24.9 Å².